The Morgan fingerprint density at radius 3 is 2.54 bits per heavy atom. The number of hydrogen-bond donors (Lipinski definition) is 1. The first-order chi connectivity index (χ1) is 11.5. The van der Waals surface area contributed by atoms with Crippen LogP contribution in [0, 0.1) is 10.1 Å². The number of amides is 1. The lowest BCUT2D eigenvalue weighted by Crippen LogP contribution is -2.12. The second-order valence-corrected chi connectivity index (χ2v) is 5.08. The fraction of sp³-hybridized carbons (Fsp3) is 0.188. The van der Waals surface area contributed by atoms with Crippen LogP contribution >= 0.6 is 11.6 Å². The van der Waals surface area contributed by atoms with Crippen LogP contribution in [0.1, 0.15) is 17.3 Å². The zero-order chi connectivity index (χ0) is 17.7. The molecule has 0 radical (unpaired) electrons. The van der Waals surface area contributed by atoms with Crippen LogP contribution in [0.4, 0.5) is 11.4 Å². The normalized spacial score (nSPS) is 10.1. The van der Waals surface area contributed by atoms with Crippen molar-refractivity contribution >= 4 is 28.9 Å². The molecule has 0 aliphatic heterocycles. The van der Waals surface area contributed by atoms with Gasteiger partial charge in [0.1, 0.15) is 5.75 Å². The molecule has 0 unspecified atom stereocenters. The molecule has 126 valence electrons. The van der Waals surface area contributed by atoms with Crippen LogP contribution in [0.25, 0.3) is 0 Å². The Morgan fingerprint density at radius 2 is 1.96 bits per heavy atom. The number of anilines is 1. The van der Waals surface area contributed by atoms with Gasteiger partial charge in [0.15, 0.2) is 5.75 Å². The van der Waals surface area contributed by atoms with E-state index in [1.54, 1.807) is 19.1 Å². The molecule has 1 amide bonds. The zero-order valence-electron chi connectivity index (χ0n) is 13.0. The second kappa shape index (κ2) is 7.65. The molecular weight excluding hydrogens is 336 g/mol. The summed E-state index contributed by atoms with van der Waals surface area (Å²) < 4.78 is 10.2. The molecule has 2 rings (SSSR count). The molecule has 0 saturated carbocycles. The van der Waals surface area contributed by atoms with Crippen LogP contribution in [0.5, 0.6) is 11.5 Å². The van der Waals surface area contributed by atoms with Crippen molar-refractivity contribution in [1.29, 1.82) is 0 Å². The molecule has 1 N–H and O–H groups in total. The first-order valence-corrected chi connectivity index (χ1v) is 7.40. The van der Waals surface area contributed by atoms with E-state index >= 15 is 0 Å². The summed E-state index contributed by atoms with van der Waals surface area (Å²) in [5.74, 6) is 0.0975. The Kier molecular flexibility index (Phi) is 5.59. The number of benzene rings is 2. The second-order valence-electron chi connectivity index (χ2n) is 4.68. The SMILES string of the molecule is CCOc1ccc(C(=O)Nc2ccc(OC)c(Cl)c2)cc1[N+](=O)[O-]. The average Bonchev–Trinajstić information content (AvgIpc) is 2.55. The number of nitrogens with one attached hydrogen (secondary N) is 1. The van der Waals surface area contributed by atoms with Crippen molar-refractivity contribution in [2.24, 2.45) is 0 Å². The van der Waals surface area contributed by atoms with E-state index in [1.165, 1.54) is 31.4 Å². The van der Waals surface area contributed by atoms with E-state index in [-0.39, 0.29) is 23.6 Å². The van der Waals surface area contributed by atoms with Gasteiger partial charge >= 0.3 is 5.69 Å². The highest BCUT2D eigenvalue weighted by molar-refractivity contribution is 6.32. The van der Waals surface area contributed by atoms with E-state index in [2.05, 4.69) is 5.32 Å². The third kappa shape index (κ3) is 3.94. The van der Waals surface area contributed by atoms with Crippen molar-refractivity contribution in [3.8, 4) is 11.5 Å². The quantitative estimate of drug-likeness (QED) is 0.630. The topological polar surface area (TPSA) is 90.7 Å². The average molecular weight is 351 g/mol. The number of hydrogen-bond acceptors (Lipinski definition) is 5. The van der Waals surface area contributed by atoms with E-state index in [9.17, 15) is 14.9 Å². The minimum absolute atomic E-state index is 0.117. The number of carbonyl (C=O) groups is 1. The number of nitrogens with zero attached hydrogens (tertiary/aromatic N) is 1. The third-order valence-corrected chi connectivity index (χ3v) is 3.42. The molecule has 0 atom stereocenters. The third-order valence-electron chi connectivity index (χ3n) is 3.13. The zero-order valence-corrected chi connectivity index (χ0v) is 13.8. The van der Waals surface area contributed by atoms with Crippen LogP contribution in [0.3, 0.4) is 0 Å². The Morgan fingerprint density at radius 1 is 1.25 bits per heavy atom. The summed E-state index contributed by atoms with van der Waals surface area (Å²) in [6, 6.07) is 8.78. The van der Waals surface area contributed by atoms with Crippen LogP contribution in [0.2, 0.25) is 5.02 Å². The lowest BCUT2D eigenvalue weighted by atomic mass is 10.1. The highest BCUT2D eigenvalue weighted by atomic mass is 35.5. The van der Waals surface area contributed by atoms with Crippen LogP contribution in [-0.4, -0.2) is 24.5 Å². The number of carbonyl (C=O) groups excluding carboxylic acids is 1. The molecule has 0 bridgehead atoms. The lowest BCUT2D eigenvalue weighted by molar-refractivity contribution is -0.385. The molecule has 8 heteroatoms. The van der Waals surface area contributed by atoms with Crippen molar-refractivity contribution < 1.29 is 19.2 Å². The minimum atomic E-state index is -0.591. The predicted octanol–water partition coefficient (Wildman–Crippen LogP) is 3.91. The molecule has 7 nitrogen and oxygen atoms in total. The monoisotopic (exact) mass is 350 g/mol. The summed E-state index contributed by atoms with van der Waals surface area (Å²) in [6.07, 6.45) is 0. The smallest absolute Gasteiger partial charge is 0.311 e. The predicted molar refractivity (Wildman–Crippen MR) is 90.2 cm³/mol. The van der Waals surface area contributed by atoms with E-state index in [0.717, 1.165) is 0 Å². The molecule has 0 saturated heterocycles. The lowest BCUT2D eigenvalue weighted by Gasteiger charge is -2.09. The van der Waals surface area contributed by atoms with Crippen molar-refractivity contribution in [1.82, 2.24) is 0 Å². The van der Waals surface area contributed by atoms with E-state index < -0.39 is 10.8 Å². The number of halogens is 1. The number of ether oxygens (including phenoxy) is 2. The van der Waals surface area contributed by atoms with Crippen LogP contribution < -0.4 is 14.8 Å². The van der Waals surface area contributed by atoms with Gasteiger partial charge in [-0.2, -0.15) is 0 Å². The molecule has 0 aromatic heterocycles. The highest BCUT2D eigenvalue weighted by Gasteiger charge is 2.19. The Balaban J connectivity index is 2.25. The van der Waals surface area contributed by atoms with Crippen molar-refractivity contribution in [3.63, 3.8) is 0 Å². The molecule has 2 aromatic carbocycles. The highest BCUT2D eigenvalue weighted by Crippen LogP contribution is 2.30. The molecule has 0 heterocycles. The summed E-state index contributed by atoms with van der Waals surface area (Å²) >= 11 is 6.00. The molecule has 2 aromatic rings. The van der Waals surface area contributed by atoms with E-state index in [4.69, 9.17) is 21.1 Å². The van der Waals surface area contributed by atoms with Gasteiger partial charge in [-0.25, -0.2) is 0 Å². The van der Waals surface area contributed by atoms with E-state index in [1.807, 2.05) is 0 Å². The summed E-state index contributed by atoms with van der Waals surface area (Å²) in [5, 5.41) is 14.1. The molecule has 0 aliphatic carbocycles. The van der Waals surface area contributed by atoms with Crippen molar-refractivity contribution in [2.45, 2.75) is 6.92 Å². The number of methoxy groups -OCH3 is 1. The minimum Gasteiger partial charge on any atom is -0.495 e. The Hall–Kier alpha value is -2.80. The van der Waals surface area contributed by atoms with Gasteiger partial charge in [-0.1, -0.05) is 11.6 Å². The standard InChI is InChI=1S/C16H15ClN2O5/c1-3-24-15-6-4-10(8-13(15)19(21)22)16(20)18-11-5-7-14(23-2)12(17)9-11/h4-9H,3H2,1-2H3,(H,18,20). The van der Waals surface area contributed by atoms with Gasteiger partial charge in [0.05, 0.1) is 23.7 Å². The van der Waals surface area contributed by atoms with Gasteiger partial charge < -0.3 is 14.8 Å². The van der Waals surface area contributed by atoms with Gasteiger partial charge in [-0.15, -0.1) is 0 Å². The van der Waals surface area contributed by atoms with Gasteiger partial charge in [0.2, 0.25) is 0 Å². The summed E-state index contributed by atoms with van der Waals surface area (Å²) in [5.41, 5.74) is 0.316. The maximum atomic E-state index is 12.3. The molecule has 0 aliphatic rings. The largest absolute Gasteiger partial charge is 0.495 e. The first-order valence-electron chi connectivity index (χ1n) is 7.02. The summed E-state index contributed by atoms with van der Waals surface area (Å²) in [6.45, 7) is 2.01. The Bertz CT molecular complexity index is 779. The van der Waals surface area contributed by atoms with E-state index in [0.29, 0.717) is 16.5 Å². The van der Waals surface area contributed by atoms with Gasteiger partial charge in [-0.3, -0.25) is 14.9 Å². The summed E-state index contributed by atoms with van der Waals surface area (Å²) in [4.78, 5) is 22.8. The van der Waals surface area contributed by atoms with Crippen molar-refractivity contribution in [3.05, 3.63) is 57.1 Å². The molecule has 0 fully saturated rings. The van der Waals surface area contributed by atoms with Gasteiger partial charge in [0, 0.05) is 17.3 Å². The number of rotatable bonds is 6. The molecular formula is C16H15ClN2O5. The maximum absolute atomic E-state index is 12.3. The summed E-state index contributed by atoms with van der Waals surface area (Å²) in [7, 11) is 1.48. The van der Waals surface area contributed by atoms with Gasteiger partial charge in [-0.05, 0) is 37.3 Å². The van der Waals surface area contributed by atoms with Crippen LogP contribution in [-0.2, 0) is 0 Å². The van der Waals surface area contributed by atoms with Crippen LogP contribution in [0.15, 0.2) is 36.4 Å². The first kappa shape index (κ1) is 17.6. The Labute approximate surface area is 143 Å². The number of nitro benzene ring substituents is 1. The molecule has 24 heavy (non-hydrogen) atoms. The van der Waals surface area contributed by atoms with Gasteiger partial charge in [0.25, 0.3) is 5.91 Å². The number of nitro groups is 1. The fourth-order valence-electron chi connectivity index (χ4n) is 2.03. The maximum Gasteiger partial charge on any atom is 0.311 e. The molecule has 0 spiro atoms. The van der Waals surface area contributed by atoms with Crippen molar-refractivity contribution in [2.75, 3.05) is 19.0 Å². The fourth-order valence-corrected chi connectivity index (χ4v) is 2.28.